The van der Waals surface area contributed by atoms with E-state index in [9.17, 15) is 4.79 Å². The van der Waals surface area contributed by atoms with Crippen LogP contribution in [0.1, 0.15) is 24.8 Å². The number of para-hydroxylation sites is 1. The number of fused-ring (bicyclic) bond motifs is 1. The monoisotopic (exact) mass is 217 g/mol. The number of carbonyl (C=O) groups is 1. The van der Waals surface area contributed by atoms with Crippen LogP contribution < -0.4 is 5.32 Å². The van der Waals surface area contributed by atoms with Gasteiger partial charge >= 0.3 is 0 Å². The van der Waals surface area contributed by atoms with E-state index in [0.29, 0.717) is 12.3 Å². The molecule has 0 aliphatic carbocycles. The van der Waals surface area contributed by atoms with E-state index in [1.807, 2.05) is 18.2 Å². The first-order chi connectivity index (χ1) is 7.69. The standard InChI is InChI=1S/C13H15NO2/c1-13(7-16-8-13)10-6-12(15)14-11-5-3-2-4-9(10)11/h2-5,10H,6-8H2,1H3,(H,14,15). The van der Waals surface area contributed by atoms with Crippen molar-refractivity contribution in [1.29, 1.82) is 0 Å². The number of ether oxygens (including phenoxy) is 1. The van der Waals surface area contributed by atoms with Gasteiger partial charge in [0, 0.05) is 23.4 Å². The van der Waals surface area contributed by atoms with E-state index in [0.717, 1.165) is 18.9 Å². The first kappa shape index (κ1) is 9.85. The Hall–Kier alpha value is -1.35. The van der Waals surface area contributed by atoms with E-state index >= 15 is 0 Å². The van der Waals surface area contributed by atoms with Crippen LogP contribution in [0.2, 0.25) is 0 Å². The Bertz CT molecular complexity index is 437. The van der Waals surface area contributed by atoms with Gasteiger partial charge in [-0.2, -0.15) is 0 Å². The molecule has 16 heavy (non-hydrogen) atoms. The molecule has 2 heterocycles. The van der Waals surface area contributed by atoms with Crippen LogP contribution >= 0.6 is 0 Å². The third-order valence-corrected chi connectivity index (χ3v) is 3.70. The molecule has 1 atom stereocenters. The van der Waals surface area contributed by atoms with Gasteiger partial charge in [0.05, 0.1) is 13.2 Å². The maximum Gasteiger partial charge on any atom is 0.225 e. The number of nitrogens with one attached hydrogen (secondary N) is 1. The summed E-state index contributed by atoms with van der Waals surface area (Å²) in [5.74, 6) is 0.419. The van der Waals surface area contributed by atoms with Gasteiger partial charge < -0.3 is 10.1 Å². The molecule has 1 amide bonds. The smallest absolute Gasteiger partial charge is 0.225 e. The zero-order valence-corrected chi connectivity index (χ0v) is 9.32. The highest BCUT2D eigenvalue weighted by molar-refractivity contribution is 5.94. The highest BCUT2D eigenvalue weighted by Crippen LogP contribution is 2.47. The highest BCUT2D eigenvalue weighted by atomic mass is 16.5. The first-order valence-electron chi connectivity index (χ1n) is 5.66. The number of hydrogen-bond donors (Lipinski definition) is 1. The molecule has 84 valence electrons. The Morgan fingerprint density at radius 2 is 2.12 bits per heavy atom. The van der Waals surface area contributed by atoms with Gasteiger partial charge in [-0.25, -0.2) is 0 Å². The molecule has 1 unspecified atom stereocenters. The largest absolute Gasteiger partial charge is 0.380 e. The molecular formula is C13H15NO2. The Morgan fingerprint density at radius 1 is 1.38 bits per heavy atom. The van der Waals surface area contributed by atoms with Gasteiger partial charge in [-0.3, -0.25) is 4.79 Å². The van der Waals surface area contributed by atoms with Gasteiger partial charge in [0.25, 0.3) is 0 Å². The lowest BCUT2D eigenvalue weighted by Gasteiger charge is -2.46. The summed E-state index contributed by atoms with van der Waals surface area (Å²) in [7, 11) is 0. The summed E-state index contributed by atoms with van der Waals surface area (Å²) in [5, 5.41) is 2.93. The Balaban J connectivity index is 2.03. The SMILES string of the molecule is CC1(C2CC(=O)Nc3ccccc32)COC1. The fraction of sp³-hybridized carbons (Fsp3) is 0.462. The van der Waals surface area contributed by atoms with Gasteiger partial charge in [-0.05, 0) is 11.6 Å². The summed E-state index contributed by atoms with van der Waals surface area (Å²) in [6.45, 7) is 3.73. The molecule has 0 bridgehead atoms. The quantitative estimate of drug-likeness (QED) is 0.782. The zero-order chi connectivity index (χ0) is 11.2. The van der Waals surface area contributed by atoms with Crippen molar-refractivity contribution in [1.82, 2.24) is 0 Å². The average molecular weight is 217 g/mol. The molecule has 3 rings (SSSR count). The topological polar surface area (TPSA) is 38.3 Å². The second kappa shape index (κ2) is 3.32. The third kappa shape index (κ3) is 1.35. The van der Waals surface area contributed by atoms with Gasteiger partial charge in [0.2, 0.25) is 5.91 Å². The predicted octanol–water partition coefficient (Wildman–Crippen LogP) is 2.15. The van der Waals surface area contributed by atoms with Crippen molar-refractivity contribution in [2.24, 2.45) is 5.41 Å². The molecule has 2 aliphatic heterocycles. The Kier molecular flexibility index (Phi) is 2.04. The lowest BCUT2D eigenvalue weighted by molar-refractivity contribution is -0.130. The van der Waals surface area contributed by atoms with E-state index in [1.54, 1.807) is 0 Å². The summed E-state index contributed by atoms with van der Waals surface area (Å²) < 4.78 is 5.31. The molecule has 0 saturated carbocycles. The van der Waals surface area contributed by atoms with Gasteiger partial charge in [-0.1, -0.05) is 25.1 Å². The lowest BCUT2D eigenvalue weighted by Crippen LogP contribution is -2.47. The minimum Gasteiger partial charge on any atom is -0.380 e. The molecule has 2 aliphatic rings. The van der Waals surface area contributed by atoms with E-state index < -0.39 is 0 Å². The molecule has 1 aromatic carbocycles. The van der Waals surface area contributed by atoms with Crippen molar-refractivity contribution >= 4 is 11.6 Å². The second-order valence-electron chi connectivity index (χ2n) is 5.04. The molecule has 1 saturated heterocycles. The molecule has 0 spiro atoms. The molecule has 1 N–H and O–H groups in total. The summed E-state index contributed by atoms with van der Waals surface area (Å²) in [4.78, 5) is 11.7. The van der Waals surface area contributed by atoms with E-state index in [2.05, 4.69) is 18.3 Å². The van der Waals surface area contributed by atoms with Crippen molar-refractivity contribution in [2.75, 3.05) is 18.5 Å². The maximum absolute atomic E-state index is 11.7. The maximum atomic E-state index is 11.7. The van der Waals surface area contributed by atoms with Crippen molar-refractivity contribution in [3.8, 4) is 0 Å². The minimum atomic E-state index is 0.122. The fourth-order valence-corrected chi connectivity index (χ4v) is 2.66. The summed E-state index contributed by atoms with van der Waals surface area (Å²) in [6, 6.07) is 8.08. The van der Waals surface area contributed by atoms with E-state index in [4.69, 9.17) is 4.74 Å². The molecule has 0 aromatic heterocycles. The number of carbonyl (C=O) groups excluding carboxylic acids is 1. The van der Waals surface area contributed by atoms with Crippen LogP contribution in [0.15, 0.2) is 24.3 Å². The van der Waals surface area contributed by atoms with Crippen LogP contribution in [-0.2, 0) is 9.53 Å². The van der Waals surface area contributed by atoms with Crippen molar-refractivity contribution in [2.45, 2.75) is 19.3 Å². The van der Waals surface area contributed by atoms with Crippen LogP contribution in [0, 0.1) is 5.41 Å². The molecule has 0 radical (unpaired) electrons. The molecular weight excluding hydrogens is 202 g/mol. The summed E-state index contributed by atoms with van der Waals surface area (Å²) >= 11 is 0. The van der Waals surface area contributed by atoms with Crippen LogP contribution in [0.5, 0.6) is 0 Å². The molecule has 3 heteroatoms. The fourth-order valence-electron chi connectivity index (χ4n) is 2.66. The predicted molar refractivity (Wildman–Crippen MR) is 61.4 cm³/mol. The number of anilines is 1. The summed E-state index contributed by atoms with van der Waals surface area (Å²) in [5.41, 5.74) is 2.36. The zero-order valence-electron chi connectivity index (χ0n) is 9.32. The van der Waals surface area contributed by atoms with Crippen LogP contribution in [0.3, 0.4) is 0 Å². The Labute approximate surface area is 94.8 Å². The van der Waals surface area contributed by atoms with Gasteiger partial charge in [0.15, 0.2) is 0 Å². The van der Waals surface area contributed by atoms with Gasteiger partial charge in [-0.15, -0.1) is 0 Å². The van der Waals surface area contributed by atoms with Crippen molar-refractivity contribution < 1.29 is 9.53 Å². The number of hydrogen-bond acceptors (Lipinski definition) is 2. The van der Waals surface area contributed by atoms with Crippen molar-refractivity contribution in [3.63, 3.8) is 0 Å². The summed E-state index contributed by atoms with van der Waals surface area (Å²) in [6.07, 6.45) is 0.580. The third-order valence-electron chi connectivity index (χ3n) is 3.70. The second-order valence-corrected chi connectivity index (χ2v) is 5.04. The minimum absolute atomic E-state index is 0.122. The number of amides is 1. The van der Waals surface area contributed by atoms with Crippen LogP contribution in [0.25, 0.3) is 0 Å². The van der Waals surface area contributed by atoms with Crippen molar-refractivity contribution in [3.05, 3.63) is 29.8 Å². The van der Waals surface area contributed by atoms with E-state index in [-0.39, 0.29) is 11.3 Å². The molecule has 1 aromatic rings. The Morgan fingerprint density at radius 3 is 2.81 bits per heavy atom. The number of rotatable bonds is 1. The normalized spacial score (nSPS) is 26.6. The highest BCUT2D eigenvalue weighted by Gasteiger charge is 2.45. The number of benzene rings is 1. The van der Waals surface area contributed by atoms with Crippen LogP contribution in [-0.4, -0.2) is 19.1 Å². The lowest BCUT2D eigenvalue weighted by atomic mass is 9.69. The van der Waals surface area contributed by atoms with Gasteiger partial charge in [0.1, 0.15) is 0 Å². The first-order valence-corrected chi connectivity index (χ1v) is 5.66. The van der Waals surface area contributed by atoms with Crippen LogP contribution in [0.4, 0.5) is 5.69 Å². The molecule has 1 fully saturated rings. The average Bonchev–Trinajstić information content (AvgIpc) is 2.24. The molecule has 3 nitrogen and oxygen atoms in total. The van der Waals surface area contributed by atoms with E-state index in [1.165, 1.54) is 5.56 Å².